The molecule has 1 rings (SSSR count). The van der Waals surface area contributed by atoms with Gasteiger partial charge in [0, 0.05) is 0 Å². The van der Waals surface area contributed by atoms with Crippen LogP contribution in [0.2, 0.25) is 0 Å². The summed E-state index contributed by atoms with van der Waals surface area (Å²) in [5, 5.41) is 0. The second kappa shape index (κ2) is 4.77. The first-order chi connectivity index (χ1) is 4.50. The third kappa shape index (κ3) is 3.49. The van der Waals surface area contributed by atoms with E-state index in [0.717, 1.165) is 19.4 Å². The van der Waals surface area contributed by atoms with Crippen LogP contribution < -0.4 is 0 Å². The molecule has 0 aliphatic carbocycles. The van der Waals surface area contributed by atoms with Crippen LogP contribution in [0.15, 0.2) is 0 Å². The van der Waals surface area contributed by atoms with E-state index < -0.39 is 0 Å². The summed E-state index contributed by atoms with van der Waals surface area (Å²) >= 11 is 0. The van der Waals surface area contributed by atoms with E-state index in [2.05, 4.69) is 0 Å². The Hall–Kier alpha value is -0.0800. The smallest absolute Gasteiger partial charge is 0.122 e. The lowest BCUT2D eigenvalue weighted by atomic mass is 10.2. The van der Waals surface area contributed by atoms with Crippen LogP contribution in [0.25, 0.3) is 0 Å². The van der Waals surface area contributed by atoms with Crippen LogP contribution in [0.5, 0.6) is 0 Å². The van der Waals surface area contributed by atoms with Gasteiger partial charge in [-0.2, -0.15) is 0 Å². The minimum atomic E-state index is 0.747. The Morgan fingerprint density at radius 1 is 1.00 bits per heavy atom. The molecule has 53 valence electrons. The molecule has 1 heterocycles. The molecule has 0 atom stereocenters. The largest absolute Gasteiger partial charge is 0.236 e. The van der Waals surface area contributed by atoms with Crippen LogP contribution in [-0.4, -0.2) is 6.61 Å². The summed E-state index contributed by atoms with van der Waals surface area (Å²) in [5.41, 5.74) is 0. The number of hydrogen-bond donors (Lipinski definition) is 0. The van der Waals surface area contributed by atoms with E-state index in [1.807, 2.05) is 0 Å². The molecule has 0 aromatic carbocycles. The van der Waals surface area contributed by atoms with E-state index >= 15 is 0 Å². The van der Waals surface area contributed by atoms with Crippen molar-refractivity contribution < 1.29 is 9.78 Å². The highest BCUT2D eigenvalue weighted by Crippen LogP contribution is 2.08. The topological polar surface area (TPSA) is 18.5 Å². The molecule has 2 nitrogen and oxygen atoms in total. The van der Waals surface area contributed by atoms with Gasteiger partial charge in [-0.3, -0.25) is 0 Å². The van der Waals surface area contributed by atoms with Gasteiger partial charge in [0.05, 0.1) is 6.61 Å². The van der Waals surface area contributed by atoms with Crippen molar-refractivity contribution in [3.05, 3.63) is 6.61 Å². The third-order valence-corrected chi connectivity index (χ3v) is 1.44. The van der Waals surface area contributed by atoms with Crippen molar-refractivity contribution in [3.8, 4) is 0 Å². The van der Waals surface area contributed by atoms with Gasteiger partial charge >= 0.3 is 0 Å². The van der Waals surface area contributed by atoms with E-state index in [1.54, 1.807) is 6.61 Å². The molecule has 1 saturated heterocycles. The zero-order chi connectivity index (χ0) is 6.36. The highest BCUT2D eigenvalue weighted by Gasteiger charge is 1.96. The lowest BCUT2D eigenvalue weighted by Gasteiger charge is -1.97. The van der Waals surface area contributed by atoms with Crippen LogP contribution >= 0.6 is 0 Å². The molecule has 0 saturated carbocycles. The monoisotopic (exact) mass is 129 g/mol. The lowest BCUT2D eigenvalue weighted by molar-refractivity contribution is -0.268. The van der Waals surface area contributed by atoms with Gasteiger partial charge in [-0.05, 0) is 12.8 Å². The molecule has 0 unspecified atom stereocenters. The van der Waals surface area contributed by atoms with Gasteiger partial charge in [-0.25, -0.2) is 9.78 Å². The summed E-state index contributed by atoms with van der Waals surface area (Å²) in [6.07, 6.45) is 5.98. The van der Waals surface area contributed by atoms with Crippen molar-refractivity contribution in [2.45, 2.75) is 32.1 Å². The minimum absolute atomic E-state index is 0.747. The van der Waals surface area contributed by atoms with E-state index in [0.29, 0.717) is 0 Å². The molecule has 1 radical (unpaired) electrons. The Labute approximate surface area is 56.1 Å². The Kier molecular flexibility index (Phi) is 3.72. The van der Waals surface area contributed by atoms with Crippen LogP contribution in [0, 0.1) is 6.61 Å². The van der Waals surface area contributed by atoms with Crippen LogP contribution in [0.1, 0.15) is 32.1 Å². The molecule has 1 aliphatic rings. The van der Waals surface area contributed by atoms with Crippen molar-refractivity contribution in [2.24, 2.45) is 0 Å². The number of hydrogen-bond acceptors (Lipinski definition) is 2. The maximum Gasteiger partial charge on any atom is 0.122 e. The molecular weight excluding hydrogens is 116 g/mol. The zero-order valence-corrected chi connectivity index (χ0v) is 5.64. The average Bonchev–Trinajstić information content (AvgIpc) is 2.00. The Bertz CT molecular complexity index is 35.4. The molecular formula is C7H13O2. The van der Waals surface area contributed by atoms with Crippen molar-refractivity contribution >= 4 is 0 Å². The molecule has 0 bridgehead atoms. The maximum absolute atomic E-state index is 4.80. The third-order valence-electron chi connectivity index (χ3n) is 1.44. The summed E-state index contributed by atoms with van der Waals surface area (Å²) in [4.78, 5) is 9.53. The molecule has 2 heteroatoms. The fraction of sp³-hybridized carbons (Fsp3) is 0.857. The molecule has 9 heavy (non-hydrogen) atoms. The van der Waals surface area contributed by atoms with E-state index in [4.69, 9.17) is 9.78 Å². The first kappa shape index (κ1) is 7.03. The fourth-order valence-corrected chi connectivity index (χ4v) is 0.887. The Morgan fingerprint density at radius 3 is 2.89 bits per heavy atom. The van der Waals surface area contributed by atoms with Crippen molar-refractivity contribution in [1.29, 1.82) is 0 Å². The predicted octanol–water partition coefficient (Wildman–Crippen LogP) is 2.06. The van der Waals surface area contributed by atoms with Gasteiger partial charge in [0.15, 0.2) is 0 Å². The summed E-state index contributed by atoms with van der Waals surface area (Å²) in [7, 11) is 0. The first-order valence-corrected chi connectivity index (χ1v) is 3.60. The Balaban J connectivity index is 2.02. The molecule has 1 aliphatic heterocycles. The highest BCUT2D eigenvalue weighted by molar-refractivity contribution is 4.51. The van der Waals surface area contributed by atoms with E-state index in [1.165, 1.54) is 19.3 Å². The summed E-state index contributed by atoms with van der Waals surface area (Å²) in [5.74, 6) is 0. The standard InChI is InChI=1S/C7H13O2/c1-2-4-6-8-9-7-5-3-1/h6H,1-5,7H2. The highest BCUT2D eigenvalue weighted by atomic mass is 17.2. The second-order valence-electron chi connectivity index (χ2n) is 2.29. The van der Waals surface area contributed by atoms with E-state index in [9.17, 15) is 0 Å². The van der Waals surface area contributed by atoms with Crippen LogP contribution in [0.3, 0.4) is 0 Å². The van der Waals surface area contributed by atoms with E-state index in [-0.39, 0.29) is 0 Å². The van der Waals surface area contributed by atoms with Crippen LogP contribution in [0.4, 0.5) is 0 Å². The van der Waals surface area contributed by atoms with Gasteiger partial charge in [-0.1, -0.05) is 19.3 Å². The lowest BCUT2D eigenvalue weighted by Crippen LogP contribution is -1.91. The number of rotatable bonds is 0. The van der Waals surface area contributed by atoms with Crippen LogP contribution in [-0.2, 0) is 9.78 Å². The Morgan fingerprint density at radius 2 is 1.89 bits per heavy atom. The van der Waals surface area contributed by atoms with Gasteiger partial charge < -0.3 is 0 Å². The average molecular weight is 129 g/mol. The summed E-state index contributed by atoms with van der Waals surface area (Å²) in [6.45, 7) is 2.49. The molecule has 1 fully saturated rings. The van der Waals surface area contributed by atoms with Gasteiger partial charge in [-0.15, -0.1) is 0 Å². The molecule has 0 N–H and O–H groups in total. The van der Waals surface area contributed by atoms with Gasteiger partial charge in [0.2, 0.25) is 0 Å². The van der Waals surface area contributed by atoms with Gasteiger partial charge in [0.1, 0.15) is 6.61 Å². The van der Waals surface area contributed by atoms with Crippen molar-refractivity contribution in [1.82, 2.24) is 0 Å². The van der Waals surface area contributed by atoms with Crippen molar-refractivity contribution in [2.75, 3.05) is 6.61 Å². The fourth-order valence-electron chi connectivity index (χ4n) is 0.887. The van der Waals surface area contributed by atoms with Gasteiger partial charge in [0.25, 0.3) is 0 Å². The normalized spacial score (nSPS) is 24.0. The minimum Gasteiger partial charge on any atom is -0.236 e. The quantitative estimate of drug-likeness (QED) is 0.466. The zero-order valence-electron chi connectivity index (χ0n) is 5.64. The first-order valence-electron chi connectivity index (χ1n) is 3.60. The SMILES string of the molecule is [CH]1CCCCCCOO1. The summed E-state index contributed by atoms with van der Waals surface area (Å²) < 4.78 is 0. The van der Waals surface area contributed by atoms with Crippen molar-refractivity contribution in [3.63, 3.8) is 0 Å². The molecule has 0 amide bonds. The molecule has 0 aromatic heterocycles. The predicted molar refractivity (Wildman–Crippen MR) is 34.4 cm³/mol. The maximum atomic E-state index is 4.80. The summed E-state index contributed by atoms with van der Waals surface area (Å²) in [6, 6.07) is 0. The second-order valence-corrected chi connectivity index (χ2v) is 2.29. The molecule has 0 aromatic rings. The molecule has 0 spiro atoms.